The topological polar surface area (TPSA) is 88.6 Å². The minimum Gasteiger partial charge on any atom is -0.236 e. The average Bonchev–Trinajstić information content (AvgIpc) is 3.00. The highest BCUT2D eigenvalue weighted by Crippen LogP contribution is 2.40. The van der Waals surface area contributed by atoms with Gasteiger partial charge in [0, 0.05) is 17.7 Å². The summed E-state index contributed by atoms with van der Waals surface area (Å²) >= 11 is 1.20. The second kappa shape index (κ2) is 7.75. The van der Waals surface area contributed by atoms with Gasteiger partial charge in [-0.2, -0.15) is 23.5 Å². The smallest absolute Gasteiger partial charge is 0.236 e. The fourth-order valence-electron chi connectivity index (χ4n) is 3.02. The van der Waals surface area contributed by atoms with Gasteiger partial charge in [0.15, 0.2) is 21.3 Å². The van der Waals surface area contributed by atoms with E-state index in [1.165, 1.54) is 23.9 Å². The molecule has 1 aliphatic rings. The predicted molar refractivity (Wildman–Crippen MR) is 96.9 cm³/mol. The monoisotopic (exact) mass is 430 g/mol. The molecule has 1 saturated carbocycles. The molecule has 0 saturated heterocycles. The van der Waals surface area contributed by atoms with Gasteiger partial charge in [-0.25, -0.2) is 18.1 Å². The fourth-order valence-corrected chi connectivity index (χ4v) is 4.96. The zero-order chi connectivity index (χ0) is 20.5. The Labute approximate surface area is 164 Å². The molecule has 0 atom stereocenters. The lowest BCUT2D eigenvalue weighted by Crippen LogP contribution is -2.10. The van der Waals surface area contributed by atoms with Gasteiger partial charge in [-0.05, 0) is 25.0 Å². The van der Waals surface area contributed by atoms with Gasteiger partial charge in [-0.15, -0.1) is 11.8 Å². The highest BCUT2D eigenvalue weighted by Gasteiger charge is 2.40. The Morgan fingerprint density at radius 1 is 1.25 bits per heavy atom. The Morgan fingerprint density at radius 3 is 2.43 bits per heavy atom. The lowest BCUT2D eigenvalue weighted by Gasteiger charge is -2.21. The maximum atomic E-state index is 13.4. The molecule has 2 heterocycles. The Balaban J connectivity index is 2.10. The number of thioether (sulfide) groups is 1. The van der Waals surface area contributed by atoms with E-state index in [1.54, 1.807) is 6.07 Å². The van der Waals surface area contributed by atoms with Crippen molar-refractivity contribution < 1.29 is 21.6 Å². The molecular formula is C17H17F3N4O2S2. The number of rotatable bonds is 4. The van der Waals surface area contributed by atoms with Gasteiger partial charge in [0.25, 0.3) is 0 Å². The Bertz CT molecular complexity index is 1000. The average molecular weight is 430 g/mol. The van der Waals surface area contributed by atoms with Crippen molar-refractivity contribution in [2.45, 2.75) is 53.5 Å². The van der Waals surface area contributed by atoms with Gasteiger partial charge in [0.2, 0.25) is 0 Å². The molecule has 0 aromatic carbocycles. The van der Waals surface area contributed by atoms with E-state index in [2.05, 4.69) is 10.1 Å². The molecule has 150 valence electrons. The van der Waals surface area contributed by atoms with Crippen LogP contribution in [0, 0.1) is 11.3 Å². The van der Waals surface area contributed by atoms with Crippen LogP contribution in [0.2, 0.25) is 0 Å². The molecule has 0 radical (unpaired) electrons. The molecule has 2 aromatic rings. The third-order valence-electron chi connectivity index (χ3n) is 4.42. The summed E-state index contributed by atoms with van der Waals surface area (Å²) in [6.07, 6.45) is 2.06. The lowest BCUT2D eigenvalue weighted by atomic mass is 10.0. The van der Waals surface area contributed by atoms with Crippen molar-refractivity contribution in [1.29, 1.82) is 5.26 Å². The van der Waals surface area contributed by atoms with E-state index in [4.69, 9.17) is 0 Å². The second-order valence-electron chi connectivity index (χ2n) is 6.55. The summed E-state index contributed by atoms with van der Waals surface area (Å²) in [7, 11) is -3.50. The van der Waals surface area contributed by atoms with E-state index in [9.17, 15) is 26.9 Å². The minimum absolute atomic E-state index is 0.0257. The molecule has 1 fully saturated rings. The number of sulfone groups is 1. The summed E-state index contributed by atoms with van der Waals surface area (Å²) < 4.78 is 64.4. The van der Waals surface area contributed by atoms with Crippen LogP contribution in [0.1, 0.15) is 43.4 Å². The first kappa shape index (κ1) is 20.7. The van der Waals surface area contributed by atoms with Crippen molar-refractivity contribution in [3.05, 3.63) is 29.6 Å². The maximum absolute atomic E-state index is 13.4. The molecule has 0 bridgehead atoms. The number of hydrogen-bond donors (Lipinski definition) is 0. The van der Waals surface area contributed by atoms with Crippen molar-refractivity contribution in [2.24, 2.45) is 0 Å². The van der Waals surface area contributed by atoms with E-state index in [0.717, 1.165) is 49.2 Å². The Hall–Kier alpha value is -2.06. The predicted octanol–water partition coefficient (Wildman–Crippen LogP) is 3.99. The molecule has 1 aliphatic carbocycles. The maximum Gasteiger partial charge on any atom is 0.436 e. The molecule has 11 heteroatoms. The molecular weight excluding hydrogens is 413 g/mol. The molecule has 28 heavy (non-hydrogen) atoms. The Morgan fingerprint density at radius 2 is 1.93 bits per heavy atom. The van der Waals surface area contributed by atoms with Crippen LogP contribution in [0.25, 0.3) is 5.82 Å². The molecule has 0 amide bonds. The zero-order valence-corrected chi connectivity index (χ0v) is 16.5. The number of pyridine rings is 1. The molecule has 0 N–H and O–H groups in total. The highest BCUT2D eigenvalue weighted by molar-refractivity contribution is 8.00. The van der Waals surface area contributed by atoms with Gasteiger partial charge < -0.3 is 0 Å². The molecule has 0 aliphatic heterocycles. The lowest BCUT2D eigenvalue weighted by molar-refractivity contribution is -0.141. The summed E-state index contributed by atoms with van der Waals surface area (Å²) in [5.74, 6) is 0.0257. The van der Waals surface area contributed by atoms with Crippen LogP contribution in [0.5, 0.6) is 0 Å². The SMILES string of the molecule is CS(=O)(=O)c1ccc(-n2nc(C(F)(F)F)c(C#N)c2SC2CCCCC2)nc1. The van der Waals surface area contributed by atoms with Gasteiger partial charge in [0.1, 0.15) is 16.7 Å². The van der Waals surface area contributed by atoms with Crippen molar-refractivity contribution >= 4 is 21.6 Å². The summed E-state index contributed by atoms with van der Waals surface area (Å²) in [5.41, 5.74) is -1.79. The number of nitrogens with zero attached hydrogens (tertiary/aromatic N) is 4. The van der Waals surface area contributed by atoms with Crippen LogP contribution in [0.4, 0.5) is 13.2 Å². The summed E-state index contributed by atoms with van der Waals surface area (Å²) in [5, 5.41) is 13.2. The third-order valence-corrected chi connectivity index (χ3v) is 6.92. The molecule has 3 rings (SSSR count). The van der Waals surface area contributed by atoms with E-state index in [0.29, 0.717) is 0 Å². The van der Waals surface area contributed by atoms with Crippen LogP contribution < -0.4 is 0 Å². The van der Waals surface area contributed by atoms with Gasteiger partial charge in [-0.3, -0.25) is 0 Å². The summed E-state index contributed by atoms with van der Waals surface area (Å²) in [6, 6.07) is 4.18. The van der Waals surface area contributed by atoms with Crippen molar-refractivity contribution in [1.82, 2.24) is 14.8 Å². The van der Waals surface area contributed by atoms with Crippen LogP contribution in [0.15, 0.2) is 28.3 Å². The van der Waals surface area contributed by atoms with E-state index >= 15 is 0 Å². The molecule has 0 unspecified atom stereocenters. The standard InChI is InChI=1S/C17H17F3N4O2S2/c1-28(25,26)12-7-8-14(22-10-12)24-16(27-11-5-3-2-4-6-11)13(9-21)15(23-24)17(18,19)20/h7-8,10-11H,2-6H2,1H3. The van der Waals surface area contributed by atoms with E-state index < -0.39 is 27.3 Å². The third kappa shape index (κ3) is 4.33. The Kier molecular flexibility index (Phi) is 5.72. The number of halogens is 3. The summed E-state index contributed by atoms with van der Waals surface area (Å²) in [4.78, 5) is 3.92. The van der Waals surface area contributed by atoms with Crippen molar-refractivity contribution in [3.63, 3.8) is 0 Å². The van der Waals surface area contributed by atoms with Crippen molar-refractivity contribution in [3.8, 4) is 11.9 Å². The normalized spacial score (nSPS) is 16.1. The minimum atomic E-state index is -4.79. The first-order valence-corrected chi connectivity index (χ1v) is 11.3. The van der Waals surface area contributed by atoms with Gasteiger partial charge >= 0.3 is 6.18 Å². The first-order valence-electron chi connectivity index (χ1n) is 8.54. The quantitative estimate of drug-likeness (QED) is 0.729. The van der Waals surface area contributed by atoms with Gasteiger partial charge in [0.05, 0.1) is 4.90 Å². The molecule has 0 spiro atoms. The van der Waals surface area contributed by atoms with Gasteiger partial charge in [-0.1, -0.05) is 19.3 Å². The molecule has 6 nitrogen and oxygen atoms in total. The first-order chi connectivity index (χ1) is 13.1. The van der Waals surface area contributed by atoms with Crippen molar-refractivity contribution in [2.75, 3.05) is 6.26 Å². The number of alkyl halides is 3. The molecule has 2 aromatic heterocycles. The number of hydrogen-bond acceptors (Lipinski definition) is 6. The van der Waals surface area contributed by atoms with Crippen LogP contribution in [-0.4, -0.2) is 34.7 Å². The van der Waals surface area contributed by atoms with E-state index in [1.807, 2.05) is 0 Å². The highest BCUT2D eigenvalue weighted by atomic mass is 32.2. The number of aromatic nitrogens is 3. The van der Waals surface area contributed by atoms with Crippen LogP contribution in [-0.2, 0) is 16.0 Å². The number of nitriles is 1. The summed E-state index contributed by atoms with van der Waals surface area (Å²) in [6.45, 7) is 0. The second-order valence-corrected chi connectivity index (χ2v) is 9.86. The van der Waals surface area contributed by atoms with Crippen LogP contribution >= 0.6 is 11.8 Å². The fraction of sp³-hybridized carbons (Fsp3) is 0.471. The zero-order valence-electron chi connectivity index (χ0n) is 14.9. The largest absolute Gasteiger partial charge is 0.436 e. The van der Waals surface area contributed by atoms with Crippen LogP contribution in [0.3, 0.4) is 0 Å². The van der Waals surface area contributed by atoms with E-state index in [-0.39, 0.29) is 21.0 Å².